The number of rotatable bonds is 5. The molecule has 1 N–H and O–H groups in total. The third-order valence-corrected chi connectivity index (χ3v) is 5.38. The van der Waals surface area contributed by atoms with Crippen molar-refractivity contribution in [3.63, 3.8) is 0 Å². The van der Waals surface area contributed by atoms with E-state index in [9.17, 15) is 9.59 Å². The number of ether oxygens (including phenoxy) is 1. The Morgan fingerprint density at radius 1 is 0.923 bits per heavy atom. The molecular formula is C22H24O4. The summed E-state index contributed by atoms with van der Waals surface area (Å²) in [4.78, 5) is 22.3. The number of hydrogen-bond donors (Lipinski definition) is 1. The lowest BCUT2D eigenvalue weighted by Gasteiger charge is -2.28. The first kappa shape index (κ1) is 18.2. The standard InChI is InChI=1S/C22H24O4/c1-26-21(23)14-15-2-4-16(5-3-15)17-6-8-18(9-7-17)19-10-12-20(13-11-19)22(24)25/h6-13,15-16H,2-5,14H2,1H3,(H,24,25). The highest BCUT2D eigenvalue weighted by Gasteiger charge is 2.24. The lowest BCUT2D eigenvalue weighted by Crippen LogP contribution is -2.17. The van der Waals surface area contributed by atoms with Gasteiger partial charge in [0.15, 0.2) is 0 Å². The topological polar surface area (TPSA) is 63.6 Å². The minimum Gasteiger partial charge on any atom is -0.478 e. The second-order valence-electron chi connectivity index (χ2n) is 7.00. The van der Waals surface area contributed by atoms with Gasteiger partial charge in [0.05, 0.1) is 12.7 Å². The van der Waals surface area contributed by atoms with E-state index >= 15 is 0 Å². The van der Waals surface area contributed by atoms with Gasteiger partial charge in [-0.25, -0.2) is 4.79 Å². The van der Waals surface area contributed by atoms with Crippen LogP contribution in [0, 0.1) is 5.92 Å². The van der Waals surface area contributed by atoms with Crippen molar-refractivity contribution >= 4 is 11.9 Å². The highest BCUT2D eigenvalue weighted by Crippen LogP contribution is 2.37. The third kappa shape index (κ3) is 4.31. The minimum absolute atomic E-state index is 0.105. The minimum atomic E-state index is -0.908. The average Bonchev–Trinajstić information content (AvgIpc) is 2.68. The predicted molar refractivity (Wildman–Crippen MR) is 100 cm³/mol. The maximum atomic E-state index is 11.4. The summed E-state index contributed by atoms with van der Waals surface area (Å²) in [5.41, 5.74) is 3.75. The van der Waals surface area contributed by atoms with Gasteiger partial charge in [-0.2, -0.15) is 0 Å². The molecule has 1 aliphatic carbocycles. The van der Waals surface area contributed by atoms with Crippen LogP contribution in [0.3, 0.4) is 0 Å². The van der Waals surface area contributed by atoms with Gasteiger partial charge >= 0.3 is 11.9 Å². The molecule has 136 valence electrons. The molecular weight excluding hydrogens is 328 g/mol. The highest BCUT2D eigenvalue weighted by atomic mass is 16.5. The summed E-state index contributed by atoms with van der Waals surface area (Å²) in [7, 11) is 1.45. The average molecular weight is 352 g/mol. The van der Waals surface area contributed by atoms with E-state index in [-0.39, 0.29) is 5.97 Å². The quantitative estimate of drug-likeness (QED) is 0.778. The molecule has 2 aromatic rings. The van der Waals surface area contributed by atoms with Gasteiger partial charge in [-0.05, 0) is 66.3 Å². The fourth-order valence-corrected chi connectivity index (χ4v) is 3.77. The number of carbonyl (C=O) groups is 2. The smallest absolute Gasteiger partial charge is 0.335 e. The second kappa shape index (κ2) is 8.17. The zero-order valence-electron chi connectivity index (χ0n) is 15.0. The van der Waals surface area contributed by atoms with E-state index in [2.05, 4.69) is 24.3 Å². The van der Waals surface area contributed by atoms with Crippen LogP contribution in [-0.2, 0) is 9.53 Å². The zero-order chi connectivity index (χ0) is 18.5. The van der Waals surface area contributed by atoms with E-state index in [0.29, 0.717) is 23.8 Å². The summed E-state index contributed by atoms with van der Waals surface area (Å²) in [5.74, 6) is -0.0144. The first-order valence-corrected chi connectivity index (χ1v) is 9.07. The fraction of sp³-hybridized carbons (Fsp3) is 0.364. The van der Waals surface area contributed by atoms with E-state index in [1.165, 1.54) is 12.7 Å². The van der Waals surface area contributed by atoms with Gasteiger partial charge in [0, 0.05) is 6.42 Å². The molecule has 0 amide bonds. The number of aromatic carboxylic acids is 1. The summed E-state index contributed by atoms with van der Waals surface area (Å²) in [6, 6.07) is 15.5. The molecule has 4 heteroatoms. The van der Waals surface area contributed by atoms with Crippen LogP contribution in [0.5, 0.6) is 0 Å². The van der Waals surface area contributed by atoms with Crippen LogP contribution in [-0.4, -0.2) is 24.2 Å². The number of carboxylic acid groups (broad SMARTS) is 1. The molecule has 0 saturated heterocycles. The number of methoxy groups -OCH3 is 1. The van der Waals surface area contributed by atoms with Gasteiger partial charge < -0.3 is 9.84 Å². The highest BCUT2D eigenvalue weighted by molar-refractivity contribution is 5.88. The Hall–Kier alpha value is -2.62. The van der Waals surface area contributed by atoms with Gasteiger partial charge in [0.2, 0.25) is 0 Å². The number of benzene rings is 2. The maximum Gasteiger partial charge on any atom is 0.335 e. The maximum absolute atomic E-state index is 11.4. The van der Waals surface area contributed by atoms with Crippen LogP contribution < -0.4 is 0 Å². The van der Waals surface area contributed by atoms with Crippen LogP contribution in [0.2, 0.25) is 0 Å². The first-order valence-electron chi connectivity index (χ1n) is 9.07. The molecule has 1 fully saturated rings. The molecule has 0 spiro atoms. The van der Waals surface area contributed by atoms with Gasteiger partial charge in [0.1, 0.15) is 0 Å². The van der Waals surface area contributed by atoms with Crippen molar-refractivity contribution in [2.24, 2.45) is 5.92 Å². The van der Waals surface area contributed by atoms with E-state index < -0.39 is 5.97 Å². The molecule has 26 heavy (non-hydrogen) atoms. The van der Waals surface area contributed by atoms with Crippen molar-refractivity contribution in [3.8, 4) is 11.1 Å². The Labute approximate surface area is 153 Å². The van der Waals surface area contributed by atoms with Crippen LogP contribution in [0.25, 0.3) is 11.1 Å². The molecule has 0 bridgehead atoms. The van der Waals surface area contributed by atoms with E-state index in [1.54, 1.807) is 12.1 Å². The van der Waals surface area contributed by atoms with Crippen molar-refractivity contribution in [1.29, 1.82) is 0 Å². The van der Waals surface area contributed by atoms with E-state index in [1.807, 2.05) is 12.1 Å². The Morgan fingerprint density at radius 3 is 1.96 bits per heavy atom. The first-order chi connectivity index (χ1) is 12.6. The van der Waals surface area contributed by atoms with Crippen molar-refractivity contribution in [3.05, 3.63) is 59.7 Å². The Bertz CT molecular complexity index is 754. The molecule has 0 unspecified atom stereocenters. The van der Waals surface area contributed by atoms with Crippen LogP contribution >= 0.6 is 0 Å². The van der Waals surface area contributed by atoms with Crippen molar-refractivity contribution in [2.45, 2.75) is 38.0 Å². The van der Waals surface area contributed by atoms with Gasteiger partial charge in [-0.15, -0.1) is 0 Å². The van der Waals surface area contributed by atoms with E-state index in [4.69, 9.17) is 9.84 Å². The number of carbonyl (C=O) groups excluding carboxylic acids is 1. The zero-order valence-corrected chi connectivity index (χ0v) is 15.0. The Kier molecular flexibility index (Phi) is 5.71. The fourth-order valence-electron chi connectivity index (χ4n) is 3.77. The van der Waals surface area contributed by atoms with Crippen molar-refractivity contribution in [1.82, 2.24) is 0 Å². The molecule has 1 saturated carbocycles. The summed E-state index contributed by atoms with van der Waals surface area (Å²) in [6.07, 6.45) is 4.88. The molecule has 0 heterocycles. The number of esters is 1. The lowest BCUT2D eigenvalue weighted by molar-refractivity contribution is -0.142. The molecule has 2 aromatic carbocycles. The SMILES string of the molecule is COC(=O)CC1CCC(c2ccc(-c3ccc(C(=O)O)cc3)cc2)CC1. The molecule has 1 aliphatic rings. The van der Waals surface area contributed by atoms with Crippen LogP contribution in [0.15, 0.2) is 48.5 Å². The monoisotopic (exact) mass is 352 g/mol. The lowest BCUT2D eigenvalue weighted by atomic mass is 9.77. The van der Waals surface area contributed by atoms with Crippen molar-refractivity contribution in [2.75, 3.05) is 7.11 Å². The third-order valence-electron chi connectivity index (χ3n) is 5.38. The molecule has 4 nitrogen and oxygen atoms in total. The number of carboxylic acids is 1. The second-order valence-corrected chi connectivity index (χ2v) is 7.00. The number of hydrogen-bond acceptors (Lipinski definition) is 3. The molecule has 0 aliphatic heterocycles. The van der Waals surface area contributed by atoms with Crippen molar-refractivity contribution < 1.29 is 19.4 Å². The summed E-state index contributed by atoms with van der Waals surface area (Å²) >= 11 is 0. The normalized spacial score (nSPS) is 19.7. The summed E-state index contributed by atoms with van der Waals surface area (Å²) in [5, 5.41) is 8.98. The van der Waals surface area contributed by atoms with Crippen LogP contribution in [0.4, 0.5) is 0 Å². The van der Waals surface area contributed by atoms with E-state index in [0.717, 1.165) is 36.8 Å². The molecule has 0 radical (unpaired) electrons. The van der Waals surface area contributed by atoms with Gasteiger partial charge in [0.25, 0.3) is 0 Å². The molecule has 0 atom stereocenters. The van der Waals surface area contributed by atoms with Gasteiger partial charge in [-0.3, -0.25) is 4.79 Å². The molecule has 0 aromatic heterocycles. The van der Waals surface area contributed by atoms with Gasteiger partial charge in [-0.1, -0.05) is 36.4 Å². The summed E-state index contributed by atoms with van der Waals surface area (Å²) < 4.78 is 4.77. The largest absolute Gasteiger partial charge is 0.478 e. The Morgan fingerprint density at radius 2 is 1.46 bits per heavy atom. The van der Waals surface area contributed by atoms with Crippen LogP contribution in [0.1, 0.15) is 53.9 Å². The Balaban J connectivity index is 1.61. The molecule has 3 rings (SSSR count). The predicted octanol–water partition coefficient (Wildman–Crippen LogP) is 4.89. The summed E-state index contributed by atoms with van der Waals surface area (Å²) in [6.45, 7) is 0.